The first-order chi connectivity index (χ1) is 17.8. The lowest BCUT2D eigenvalue weighted by molar-refractivity contribution is -0.141. The van der Waals surface area contributed by atoms with Gasteiger partial charge >= 0.3 is 12.0 Å². The van der Waals surface area contributed by atoms with E-state index in [9.17, 15) is 4.79 Å². The highest BCUT2D eigenvalue weighted by Crippen LogP contribution is 2.40. The second-order valence-corrected chi connectivity index (χ2v) is 9.90. The molecule has 0 spiro atoms. The fourth-order valence-electron chi connectivity index (χ4n) is 5.00. The van der Waals surface area contributed by atoms with Gasteiger partial charge in [0.05, 0.1) is 24.0 Å². The Balaban J connectivity index is 1.21. The minimum absolute atomic E-state index is 0.0230. The Bertz CT molecular complexity index is 1330. The molecule has 37 heavy (non-hydrogen) atoms. The molecule has 3 aromatic rings. The maximum absolute atomic E-state index is 13.6. The van der Waals surface area contributed by atoms with Crippen molar-refractivity contribution in [3.8, 4) is 17.3 Å². The van der Waals surface area contributed by atoms with Crippen LogP contribution in [-0.2, 0) is 9.47 Å². The predicted molar refractivity (Wildman–Crippen MR) is 137 cm³/mol. The first-order valence-electron chi connectivity index (χ1n) is 12.4. The minimum atomic E-state index is -0.630. The Morgan fingerprint density at radius 1 is 1.19 bits per heavy atom. The number of carbonyl (C=O) groups excluding carboxylic acids is 1. The third kappa shape index (κ3) is 4.79. The molecule has 2 amide bonds. The number of anilines is 3. The van der Waals surface area contributed by atoms with Gasteiger partial charge in [0, 0.05) is 36.7 Å². The summed E-state index contributed by atoms with van der Waals surface area (Å²) in [5.41, 5.74) is 3.62. The van der Waals surface area contributed by atoms with E-state index in [0.29, 0.717) is 18.2 Å². The van der Waals surface area contributed by atoms with E-state index in [1.54, 1.807) is 23.4 Å². The van der Waals surface area contributed by atoms with E-state index in [-0.39, 0.29) is 30.8 Å². The summed E-state index contributed by atoms with van der Waals surface area (Å²) in [5.74, 6) is 0.363. The summed E-state index contributed by atoms with van der Waals surface area (Å²) in [6, 6.07) is 9.48. The number of nitrogens with one attached hydrogen (secondary N) is 1. The number of aromatic nitrogens is 4. The number of aryl methyl sites for hydroxylation is 1. The van der Waals surface area contributed by atoms with Gasteiger partial charge in [-0.15, -0.1) is 0 Å². The number of hydrogen-bond donors (Lipinski definition) is 1. The van der Waals surface area contributed by atoms with Gasteiger partial charge in [0.15, 0.2) is 11.6 Å². The lowest BCUT2D eigenvalue weighted by atomic mass is 10.1. The molecule has 6 rings (SSSR count). The van der Waals surface area contributed by atoms with Crippen molar-refractivity contribution in [3.05, 3.63) is 48.4 Å². The summed E-state index contributed by atoms with van der Waals surface area (Å²) in [6.45, 7) is 8.00. The molecule has 3 aromatic heterocycles. The zero-order valence-electron chi connectivity index (χ0n) is 21.0. The highest BCUT2D eigenvalue weighted by Gasteiger charge is 2.40. The fraction of sp³-hybridized carbons (Fsp3) is 0.423. The van der Waals surface area contributed by atoms with Crippen LogP contribution in [0.1, 0.15) is 26.0 Å². The first kappa shape index (κ1) is 23.6. The van der Waals surface area contributed by atoms with Crippen molar-refractivity contribution in [3.63, 3.8) is 0 Å². The molecule has 1 N–H and O–H groups in total. The number of fused-ring (bicyclic) bond motifs is 4. The smallest absolute Gasteiger partial charge is 0.329 e. The molecule has 0 aromatic carbocycles. The molecule has 2 saturated heterocycles. The van der Waals surface area contributed by atoms with Crippen LogP contribution in [0, 0.1) is 6.92 Å². The Labute approximate surface area is 214 Å². The molecular formula is C26H29N7O4. The molecule has 2 bridgehead atoms. The van der Waals surface area contributed by atoms with Gasteiger partial charge < -0.3 is 19.1 Å². The molecule has 6 heterocycles. The second-order valence-electron chi connectivity index (χ2n) is 9.90. The maximum Gasteiger partial charge on any atom is 0.329 e. The van der Waals surface area contributed by atoms with Crippen molar-refractivity contribution in [2.45, 2.75) is 45.1 Å². The summed E-state index contributed by atoms with van der Waals surface area (Å²) < 4.78 is 17.0. The molecule has 0 saturated carbocycles. The number of urea groups is 1. The minimum Gasteiger partial charge on any atom is -0.461 e. The number of pyridine rings is 2. The fourth-order valence-corrected chi connectivity index (χ4v) is 5.00. The van der Waals surface area contributed by atoms with Crippen molar-refractivity contribution in [2.75, 3.05) is 41.4 Å². The third-order valence-electron chi connectivity index (χ3n) is 6.70. The molecule has 0 aliphatic carbocycles. The van der Waals surface area contributed by atoms with Crippen LogP contribution in [-0.4, -0.2) is 70.2 Å². The van der Waals surface area contributed by atoms with Crippen LogP contribution in [0.15, 0.2) is 42.7 Å². The average Bonchev–Trinajstić information content (AvgIpc) is 3.46. The van der Waals surface area contributed by atoms with Gasteiger partial charge in [0.1, 0.15) is 18.5 Å². The Morgan fingerprint density at radius 3 is 2.86 bits per heavy atom. The van der Waals surface area contributed by atoms with Gasteiger partial charge in [0.25, 0.3) is 0 Å². The number of ether oxygens (including phenoxy) is 3. The van der Waals surface area contributed by atoms with E-state index in [1.165, 1.54) is 0 Å². The second kappa shape index (κ2) is 9.24. The Kier molecular flexibility index (Phi) is 5.88. The van der Waals surface area contributed by atoms with Gasteiger partial charge in [-0.25, -0.2) is 14.8 Å². The molecule has 3 aliphatic rings. The van der Waals surface area contributed by atoms with Gasteiger partial charge in [-0.2, -0.15) is 4.98 Å². The number of rotatable bonds is 5. The average molecular weight is 504 g/mol. The van der Waals surface area contributed by atoms with Crippen molar-refractivity contribution < 1.29 is 19.0 Å². The molecular weight excluding hydrogens is 474 g/mol. The number of nitrogens with zero attached hydrogens (tertiary/aromatic N) is 6. The lowest BCUT2D eigenvalue weighted by Gasteiger charge is -2.35. The normalized spacial score (nSPS) is 21.6. The molecule has 2 atom stereocenters. The van der Waals surface area contributed by atoms with Crippen LogP contribution in [0.2, 0.25) is 0 Å². The number of carbonyl (C=O) groups is 1. The van der Waals surface area contributed by atoms with Crippen LogP contribution >= 0.6 is 0 Å². The van der Waals surface area contributed by atoms with Crippen LogP contribution in [0.5, 0.6) is 6.01 Å². The first-order valence-corrected chi connectivity index (χ1v) is 12.4. The van der Waals surface area contributed by atoms with E-state index < -0.39 is 5.79 Å². The largest absolute Gasteiger partial charge is 0.461 e. The van der Waals surface area contributed by atoms with E-state index in [2.05, 4.69) is 25.2 Å². The molecule has 11 nitrogen and oxygen atoms in total. The van der Waals surface area contributed by atoms with Crippen LogP contribution < -0.4 is 19.9 Å². The van der Waals surface area contributed by atoms with E-state index >= 15 is 0 Å². The maximum atomic E-state index is 13.6. The van der Waals surface area contributed by atoms with Crippen LogP contribution in [0.4, 0.5) is 22.1 Å². The zero-order chi connectivity index (χ0) is 25.6. The monoisotopic (exact) mass is 503 g/mol. The molecule has 0 radical (unpaired) electrons. The summed E-state index contributed by atoms with van der Waals surface area (Å²) in [5, 5.41) is 2.92. The SMILES string of the molecule is Cc1cc(-c2ccc3c(n2)N(C(=O)Nc2ccnc(OC[C@@H]4COC(C)(C)O4)n2)C2CCN3C2)ccn1. The third-order valence-corrected chi connectivity index (χ3v) is 6.70. The predicted octanol–water partition coefficient (Wildman–Crippen LogP) is 3.40. The number of hydrogen-bond acceptors (Lipinski definition) is 9. The quantitative estimate of drug-likeness (QED) is 0.559. The summed E-state index contributed by atoms with van der Waals surface area (Å²) >= 11 is 0. The van der Waals surface area contributed by atoms with Crippen molar-refractivity contribution in [2.24, 2.45) is 0 Å². The Hall–Kier alpha value is -3.83. The van der Waals surface area contributed by atoms with Crippen LogP contribution in [0.3, 0.4) is 0 Å². The molecule has 3 aliphatic heterocycles. The van der Waals surface area contributed by atoms with E-state index in [4.69, 9.17) is 19.2 Å². The molecule has 1 unspecified atom stereocenters. The van der Waals surface area contributed by atoms with E-state index in [0.717, 1.165) is 42.1 Å². The lowest BCUT2D eigenvalue weighted by Crippen LogP contribution is -2.48. The van der Waals surface area contributed by atoms with Crippen molar-refractivity contribution in [1.82, 2.24) is 19.9 Å². The summed E-state index contributed by atoms with van der Waals surface area (Å²) in [7, 11) is 0. The number of amides is 2. The van der Waals surface area contributed by atoms with Gasteiger partial charge in [-0.05, 0) is 57.5 Å². The molecule has 11 heteroatoms. The summed E-state index contributed by atoms with van der Waals surface area (Å²) in [4.78, 5) is 35.4. The van der Waals surface area contributed by atoms with Gasteiger partial charge in [-0.1, -0.05) is 0 Å². The van der Waals surface area contributed by atoms with Gasteiger partial charge in [-0.3, -0.25) is 15.2 Å². The van der Waals surface area contributed by atoms with E-state index in [1.807, 2.05) is 45.0 Å². The standard InChI is InChI=1S/C26H29N7O4/c1-16-12-17(6-9-27-16)20-4-5-21-23(29-20)33(18-8-11-32(21)13-18)25(34)31-22-7-10-28-24(30-22)35-14-19-15-36-26(2,3)37-19/h4-7,9-10,12,18-19H,8,11,13-15H2,1-3H3,(H,28,30,31,34)/t18?,19-/m1/s1. The summed E-state index contributed by atoms with van der Waals surface area (Å²) in [6.07, 6.45) is 3.98. The molecule has 2 fully saturated rings. The zero-order valence-corrected chi connectivity index (χ0v) is 21.0. The van der Waals surface area contributed by atoms with Gasteiger partial charge in [0.2, 0.25) is 0 Å². The highest BCUT2D eigenvalue weighted by atomic mass is 16.7. The Morgan fingerprint density at radius 2 is 2.05 bits per heavy atom. The highest BCUT2D eigenvalue weighted by molar-refractivity contribution is 6.04. The van der Waals surface area contributed by atoms with Crippen LogP contribution in [0.25, 0.3) is 11.3 Å². The van der Waals surface area contributed by atoms with Crippen molar-refractivity contribution >= 4 is 23.4 Å². The topological polar surface area (TPSA) is 115 Å². The van der Waals surface area contributed by atoms with Crippen molar-refractivity contribution in [1.29, 1.82) is 0 Å². The molecule has 192 valence electrons.